The van der Waals surface area contributed by atoms with Crippen LogP contribution in [0, 0.1) is 5.82 Å². The van der Waals surface area contributed by atoms with Crippen LogP contribution in [0.2, 0.25) is 0 Å². The maximum atomic E-state index is 13.0. The fourth-order valence-corrected chi connectivity index (χ4v) is 3.02. The van der Waals surface area contributed by atoms with Gasteiger partial charge in [-0.25, -0.2) is 14.2 Å². The summed E-state index contributed by atoms with van der Waals surface area (Å²) < 4.78 is 24.3. The molecule has 3 rings (SSSR count). The summed E-state index contributed by atoms with van der Waals surface area (Å²) in [6, 6.07) is 10.5. The Kier molecular flexibility index (Phi) is 5.88. The topological polar surface area (TPSA) is 99.9 Å². The average Bonchev–Trinajstić information content (AvgIpc) is 2.67. The Bertz CT molecular complexity index is 925. The molecule has 0 aromatic heterocycles. The highest BCUT2D eigenvalue weighted by Crippen LogP contribution is 2.34. The molecule has 1 aliphatic heterocycles. The van der Waals surface area contributed by atoms with Crippen molar-refractivity contribution >= 4 is 17.5 Å². The summed E-state index contributed by atoms with van der Waals surface area (Å²) in [5, 5.41) is 0. The number of nitrogens with zero attached hydrogens (tertiary/aromatic N) is 1. The van der Waals surface area contributed by atoms with E-state index < -0.39 is 17.6 Å². The molecule has 29 heavy (non-hydrogen) atoms. The Morgan fingerprint density at radius 1 is 1.28 bits per heavy atom. The van der Waals surface area contributed by atoms with Gasteiger partial charge in [-0.1, -0.05) is 18.2 Å². The first-order valence-corrected chi connectivity index (χ1v) is 9.52. The van der Waals surface area contributed by atoms with Crippen LogP contribution in [0.15, 0.2) is 47.5 Å². The van der Waals surface area contributed by atoms with Gasteiger partial charge in [0.15, 0.2) is 6.10 Å². The third-order valence-electron chi connectivity index (χ3n) is 4.87. The van der Waals surface area contributed by atoms with Crippen molar-refractivity contribution < 1.29 is 18.7 Å². The van der Waals surface area contributed by atoms with Gasteiger partial charge in [0.25, 0.3) is 0 Å². The van der Waals surface area contributed by atoms with E-state index in [0.29, 0.717) is 35.7 Å². The number of benzene rings is 2. The zero-order chi connectivity index (χ0) is 21.2. The molecular formula is C22H26FN3O3. The molecule has 2 atom stereocenters. The van der Waals surface area contributed by atoms with E-state index in [0.717, 1.165) is 5.56 Å². The van der Waals surface area contributed by atoms with Gasteiger partial charge in [0.2, 0.25) is 0 Å². The van der Waals surface area contributed by atoms with Crippen LogP contribution in [0.3, 0.4) is 0 Å². The smallest absolute Gasteiger partial charge is 0.328 e. The number of aliphatic imine (C=N–C) groups is 1. The lowest BCUT2D eigenvalue weighted by atomic mass is 9.98. The molecule has 0 amide bonds. The first kappa shape index (κ1) is 20.8. The third-order valence-corrected chi connectivity index (χ3v) is 4.87. The SMILES string of the molecule is CC1Oc2ccc(C(N)C(=O)OC(C)(C)CCc3ccc(F)cc3)cc2N=C1N. The molecule has 0 aliphatic carbocycles. The number of aryl methyl sites for hydroxylation is 1. The molecule has 6 nitrogen and oxygen atoms in total. The van der Waals surface area contributed by atoms with Crippen LogP contribution < -0.4 is 16.2 Å². The molecular weight excluding hydrogens is 373 g/mol. The van der Waals surface area contributed by atoms with Gasteiger partial charge >= 0.3 is 5.97 Å². The van der Waals surface area contributed by atoms with Crippen molar-refractivity contribution in [2.24, 2.45) is 16.5 Å². The Morgan fingerprint density at radius 3 is 2.66 bits per heavy atom. The van der Waals surface area contributed by atoms with Crippen LogP contribution in [0.5, 0.6) is 5.75 Å². The molecule has 0 saturated heterocycles. The number of hydrogen-bond donors (Lipinski definition) is 2. The number of rotatable bonds is 6. The molecule has 0 fully saturated rings. The number of hydrogen-bond acceptors (Lipinski definition) is 6. The monoisotopic (exact) mass is 399 g/mol. The summed E-state index contributed by atoms with van der Waals surface area (Å²) in [6.45, 7) is 5.47. The Hall–Kier alpha value is -2.93. The van der Waals surface area contributed by atoms with Crippen molar-refractivity contribution in [3.05, 3.63) is 59.4 Å². The van der Waals surface area contributed by atoms with E-state index in [1.54, 1.807) is 30.3 Å². The van der Waals surface area contributed by atoms with Gasteiger partial charge in [0, 0.05) is 0 Å². The predicted octanol–water partition coefficient (Wildman–Crippen LogP) is 3.55. The second-order valence-corrected chi connectivity index (χ2v) is 7.81. The van der Waals surface area contributed by atoms with Gasteiger partial charge in [-0.3, -0.25) is 0 Å². The minimum Gasteiger partial charge on any atom is -0.481 e. The molecule has 1 heterocycles. The van der Waals surface area contributed by atoms with Crippen LogP contribution >= 0.6 is 0 Å². The second kappa shape index (κ2) is 8.21. The third kappa shape index (κ3) is 5.12. The van der Waals surface area contributed by atoms with Gasteiger partial charge in [-0.05, 0) is 69.0 Å². The summed E-state index contributed by atoms with van der Waals surface area (Å²) in [5.74, 6) is 0.154. The van der Waals surface area contributed by atoms with Crippen LogP contribution in [0.1, 0.15) is 44.4 Å². The van der Waals surface area contributed by atoms with Crippen molar-refractivity contribution in [1.29, 1.82) is 0 Å². The highest BCUT2D eigenvalue weighted by molar-refractivity contribution is 5.90. The van der Waals surface area contributed by atoms with E-state index in [2.05, 4.69) is 4.99 Å². The predicted molar refractivity (Wildman–Crippen MR) is 110 cm³/mol. The van der Waals surface area contributed by atoms with Gasteiger partial charge in [0.05, 0.1) is 0 Å². The summed E-state index contributed by atoms with van der Waals surface area (Å²) in [4.78, 5) is 16.9. The molecule has 0 bridgehead atoms. The Balaban J connectivity index is 1.64. The van der Waals surface area contributed by atoms with E-state index >= 15 is 0 Å². The number of esters is 1. The van der Waals surface area contributed by atoms with Crippen LogP contribution in [-0.2, 0) is 16.0 Å². The average molecular weight is 399 g/mol. The molecule has 1 aliphatic rings. The van der Waals surface area contributed by atoms with E-state index in [1.807, 2.05) is 20.8 Å². The second-order valence-electron chi connectivity index (χ2n) is 7.81. The van der Waals surface area contributed by atoms with Crippen LogP contribution in [0.25, 0.3) is 0 Å². The number of carbonyl (C=O) groups is 1. The number of halogens is 1. The fraction of sp³-hybridized carbons (Fsp3) is 0.364. The van der Waals surface area contributed by atoms with Crippen LogP contribution in [0.4, 0.5) is 10.1 Å². The van der Waals surface area contributed by atoms with Gasteiger partial charge in [-0.2, -0.15) is 0 Å². The maximum Gasteiger partial charge on any atom is 0.328 e. The zero-order valence-electron chi connectivity index (χ0n) is 16.8. The van der Waals surface area contributed by atoms with Gasteiger partial charge in [0.1, 0.15) is 34.7 Å². The molecule has 154 valence electrons. The number of nitrogens with two attached hydrogens (primary N) is 2. The lowest BCUT2D eigenvalue weighted by molar-refractivity contribution is -0.158. The summed E-state index contributed by atoms with van der Waals surface area (Å²) in [6.07, 6.45) is 0.931. The van der Waals surface area contributed by atoms with Crippen molar-refractivity contribution in [2.75, 3.05) is 0 Å². The molecule has 0 radical (unpaired) electrons. The van der Waals surface area contributed by atoms with E-state index in [-0.39, 0.29) is 11.9 Å². The Labute approximate surface area is 169 Å². The molecule has 0 saturated carbocycles. The largest absolute Gasteiger partial charge is 0.481 e. The number of fused-ring (bicyclic) bond motifs is 1. The summed E-state index contributed by atoms with van der Waals surface area (Å²) in [7, 11) is 0. The number of carbonyl (C=O) groups excluding carboxylic acids is 1. The molecule has 7 heteroatoms. The highest BCUT2D eigenvalue weighted by atomic mass is 19.1. The zero-order valence-corrected chi connectivity index (χ0v) is 16.8. The van der Waals surface area contributed by atoms with E-state index in [1.165, 1.54) is 12.1 Å². The summed E-state index contributed by atoms with van der Waals surface area (Å²) in [5.41, 5.74) is 13.3. The lowest BCUT2D eigenvalue weighted by Crippen LogP contribution is -2.34. The minimum atomic E-state index is -0.957. The first-order valence-electron chi connectivity index (χ1n) is 9.52. The summed E-state index contributed by atoms with van der Waals surface area (Å²) >= 11 is 0. The van der Waals surface area contributed by atoms with Crippen molar-refractivity contribution in [2.45, 2.75) is 51.4 Å². The van der Waals surface area contributed by atoms with Crippen LogP contribution in [-0.4, -0.2) is 23.5 Å². The molecule has 2 aromatic carbocycles. The first-order chi connectivity index (χ1) is 13.6. The highest BCUT2D eigenvalue weighted by Gasteiger charge is 2.28. The fourth-order valence-electron chi connectivity index (χ4n) is 3.02. The Morgan fingerprint density at radius 2 is 1.97 bits per heavy atom. The normalized spacial score (nSPS) is 17.0. The van der Waals surface area contributed by atoms with Crippen molar-refractivity contribution in [3.8, 4) is 5.75 Å². The standard InChI is InChI=1S/C22H26FN3O3/c1-13-20(25)26-17-12-15(6-9-18(17)28-13)19(24)21(27)29-22(2,3)11-10-14-4-7-16(23)8-5-14/h4-9,12-13,19H,10-11,24H2,1-3H3,(H2,25,26). The van der Waals surface area contributed by atoms with Gasteiger partial charge in [-0.15, -0.1) is 0 Å². The molecule has 2 aromatic rings. The molecule has 2 unspecified atom stereocenters. The maximum absolute atomic E-state index is 13.0. The van der Waals surface area contributed by atoms with Crippen molar-refractivity contribution in [3.63, 3.8) is 0 Å². The number of ether oxygens (including phenoxy) is 2. The number of amidine groups is 1. The van der Waals surface area contributed by atoms with Crippen molar-refractivity contribution in [1.82, 2.24) is 0 Å². The molecule has 0 spiro atoms. The quantitative estimate of drug-likeness (QED) is 0.724. The minimum absolute atomic E-state index is 0.276. The molecule has 4 N–H and O–H groups in total. The van der Waals surface area contributed by atoms with E-state index in [4.69, 9.17) is 20.9 Å². The van der Waals surface area contributed by atoms with Gasteiger partial charge < -0.3 is 20.9 Å². The lowest BCUT2D eigenvalue weighted by Gasteiger charge is -2.27. The van der Waals surface area contributed by atoms with E-state index in [9.17, 15) is 9.18 Å².